The van der Waals surface area contributed by atoms with Gasteiger partial charge in [-0.1, -0.05) is 48.5 Å². The number of alkyl halides is 1. The molecule has 0 aliphatic heterocycles. The maximum absolute atomic E-state index is 14.3. The SMILES string of the molecule is CCOc1ccc(OCC2CCC(c3ccc(-c4ccc(/C=C(\F)CF)cc4)cc3)CC2)c(F)c1F. The molecule has 1 saturated carbocycles. The Morgan fingerprint density at radius 1 is 0.806 bits per heavy atom. The molecule has 0 aromatic heterocycles. The second-order valence-electron chi connectivity index (χ2n) is 9.12. The van der Waals surface area contributed by atoms with Gasteiger partial charge in [0.1, 0.15) is 12.5 Å². The first kappa shape index (κ1) is 25.8. The highest BCUT2D eigenvalue weighted by Gasteiger charge is 2.24. The average molecular weight is 499 g/mol. The van der Waals surface area contributed by atoms with Crippen molar-refractivity contribution in [3.63, 3.8) is 0 Å². The van der Waals surface area contributed by atoms with E-state index in [1.165, 1.54) is 23.8 Å². The third-order valence-electron chi connectivity index (χ3n) is 6.71. The van der Waals surface area contributed by atoms with E-state index in [4.69, 9.17) is 9.47 Å². The molecule has 36 heavy (non-hydrogen) atoms. The van der Waals surface area contributed by atoms with Crippen LogP contribution in [0, 0.1) is 17.6 Å². The first-order valence-electron chi connectivity index (χ1n) is 12.3. The summed E-state index contributed by atoms with van der Waals surface area (Å²) >= 11 is 0. The number of hydrogen-bond acceptors (Lipinski definition) is 2. The molecule has 3 aromatic rings. The van der Waals surface area contributed by atoms with Gasteiger partial charge < -0.3 is 9.47 Å². The predicted molar refractivity (Wildman–Crippen MR) is 135 cm³/mol. The van der Waals surface area contributed by atoms with Crippen molar-refractivity contribution in [3.05, 3.63) is 89.3 Å². The van der Waals surface area contributed by atoms with Gasteiger partial charge >= 0.3 is 0 Å². The zero-order valence-electron chi connectivity index (χ0n) is 20.3. The fourth-order valence-corrected chi connectivity index (χ4v) is 4.70. The molecule has 3 aromatic carbocycles. The molecule has 0 atom stereocenters. The molecular formula is C30H30F4O2. The quantitative estimate of drug-likeness (QED) is 0.275. The zero-order chi connectivity index (χ0) is 25.5. The molecule has 2 nitrogen and oxygen atoms in total. The number of ether oxygens (including phenoxy) is 2. The second kappa shape index (κ2) is 12.1. The van der Waals surface area contributed by atoms with Crippen LogP contribution in [0.5, 0.6) is 11.5 Å². The van der Waals surface area contributed by atoms with Crippen LogP contribution in [0.4, 0.5) is 17.6 Å². The summed E-state index contributed by atoms with van der Waals surface area (Å²) in [4.78, 5) is 0. The van der Waals surface area contributed by atoms with Crippen molar-refractivity contribution in [3.8, 4) is 22.6 Å². The van der Waals surface area contributed by atoms with E-state index in [-0.39, 0.29) is 18.1 Å². The molecule has 6 heteroatoms. The summed E-state index contributed by atoms with van der Waals surface area (Å²) in [7, 11) is 0. The normalized spacial score (nSPS) is 18.2. The van der Waals surface area contributed by atoms with E-state index in [0.717, 1.165) is 36.8 Å². The van der Waals surface area contributed by atoms with Gasteiger partial charge in [0.05, 0.1) is 13.2 Å². The van der Waals surface area contributed by atoms with Crippen LogP contribution in [0.2, 0.25) is 0 Å². The summed E-state index contributed by atoms with van der Waals surface area (Å²) < 4.78 is 64.4. The van der Waals surface area contributed by atoms with Gasteiger partial charge in [-0.2, -0.15) is 8.78 Å². The molecule has 0 heterocycles. The molecule has 0 saturated heterocycles. The van der Waals surface area contributed by atoms with Crippen LogP contribution < -0.4 is 9.47 Å². The number of halogens is 4. The van der Waals surface area contributed by atoms with Crippen molar-refractivity contribution >= 4 is 6.08 Å². The molecule has 1 aliphatic carbocycles. The van der Waals surface area contributed by atoms with E-state index >= 15 is 0 Å². The Labute approximate surface area is 209 Å². The Morgan fingerprint density at radius 2 is 1.36 bits per heavy atom. The Bertz CT molecular complexity index is 1160. The lowest BCUT2D eigenvalue weighted by Crippen LogP contribution is -2.19. The highest BCUT2D eigenvalue weighted by molar-refractivity contribution is 5.66. The topological polar surface area (TPSA) is 18.5 Å². The Balaban J connectivity index is 1.29. The number of benzene rings is 3. The molecule has 0 radical (unpaired) electrons. The third-order valence-corrected chi connectivity index (χ3v) is 6.71. The summed E-state index contributed by atoms with van der Waals surface area (Å²) in [5.41, 5.74) is 3.98. The molecule has 190 valence electrons. The van der Waals surface area contributed by atoms with Gasteiger partial charge in [0, 0.05) is 0 Å². The highest BCUT2D eigenvalue weighted by Crippen LogP contribution is 2.37. The summed E-state index contributed by atoms with van der Waals surface area (Å²) in [6, 6.07) is 18.6. The van der Waals surface area contributed by atoms with E-state index in [0.29, 0.717) is 24.0 Å². The lowest BCUT2D eigenvalue weighted by molar-refractivity contribution is 0.191. The highest BCUT2D eigenvalue weighted by atomic mass is 19.2. The minimum atomic E-state index is -1.10. The molecule has 0 bridgehead atoms. The third kappa shape index (κ3) is 6.28. The lowest BCUT2D eigenvalue weighted by Gasteiger charge is -2.29. The molecule has 1 fully saturated rings. The second-order valence-corrected chi connectivity index (χ2v) is 9.12. The summed E-state index contributed by atoms with van der Waals surface area (Å²) in [6.07, 6.45) is 5.13. The van der Waals surface area contributed by atoms with E-state index < -0.39 is 24.1 Å². The van der Waals surface area contributed by atoms with Gasteiger partial charge in [0.15, 0.2) is 11.5 Å². The number of hydrogen-bond donors (Lipinski definition) is 0. The zero-order valence-corrected chi connectivity index (χ0v) is 20.3. The van der Waals surface area contributed by atoms with Crippen LogP contribution in [0.1, 0.15) is 49.7 Å². The number of rotatable bonds is 9. The molecule has 4 rings (SSSR count). The van der Waals surface area contributed by atoms with E-state index in [1.54, 1.807) is 19.1 Å². The Hall–Kier alpha value is -3.28. The lowest BCUT2D eigenvalue weighted by atomic mass is 9.79. The van der Waals surface area contributed by atoms with E-state index in [9.17, 15) is 17.6 Å². The van der Waals surface area contributed by atoms with Gasteiger partial charge in [-0.3, -0.25) is 0 Å². The van der Waals surface area contributed by atoms with E-state index in [2.05, 4.69) is 24.3 Å². The predicted octanol–water partition coefficient (Wildman–Crippen LogP) is 8.66. The van der Waals surface area contributed by atoms with Gasteiger partial charge in [-0.05, 0) is 84.9 Å². The first-order valence-corrected chi connectivity index (χ1v) is 12.3. The van der Waals surface area contributed by atoms with Crippen molar-refractivity contribution in [1.29, 1.82) is 0 Å². The van der Waals surface area contributed by atoms with Crippen molar-refractivity contribution < 1.29 is 27.0 Å². The van der Waals surface area contributed by atoms with Crippen LogP contribution in [0.3, 0.4) is 0 Å². The van der Waals surface area contributed by atoms with Gasteiger partial charge in [-0.15, -0.1) is 0 Å². The molecule has 0 N–H and O–H groups in total. The van der Waals surface area contributed by atoms with Crippen LogP contribution in [0.15, 0.2) is 66.5 Å². The van der Waals surface area contributed by atoms with E-state index in [1.807, 2.05) is 12.1 Å². The van der Waals surface area contributed by atoms with Gasteiger partial charge in [0.2, 0.25) is 11.6 Å². The molecule has 0 spiro atoms. The number of allylic oxidation sites excluding steroid dienone is 1. The van der Waals surface area contributed by atoms with Crippen molar-refractivity contribution in [2.45, 2.75) is 38.5 Å². The Morgan fingerprint density at radius 3 is 1.92 bits per heavy atom. The monoisotopic (exact) mass is 498 g/mol. The summed E-state index contributed by atoms with van der Waals surface area (Å²) in [6.45, 7) is 1.24. The van der Waals surface area contributed by atoms with Crippen molar-refractivity contribution in [2.75, 3.05) is 19.9 Å². The first-order chi connectivity index (χ1) is 17.5. The minimum absolute atomic E-state index is 0.0785. The summed E-state index contributed by atoms with van der Waals surface area (Å²) in [5, 5.41) is 0. The molecule has 0 amide bonds. The minimum Gasteiger partial charge on any atom is -0.491 e. The van der Waals surface area contributed by atoms with Crippen molar-refractivity contribution in [1.82, 2.24) is 0 Å². The van der Waals surface area contributed by atoms with Crippen LogP contribution in [-0.4, -0.2) is 19.9 Å². The average Bonchev–Trinajstić information content (AvgIpc) is 2.92. The summed E-state index contributed by atoms with van der Waals surface area (Å²) in [5.74, 6) is -2.24. The fourth-order valence-electron chi connectivity index (χ4n) is 4.70. The molecule has 1 aliphatic rings. The Kier molecular flexibility index (Phi) is 8.68. The van der Waals surface area contributed by atoms with Crippen LogP contribution >= 0.6 is 0 Å². The van der Waals surface area contributed by atoms with Crippen molar-refractivity contribution in [2.24, 2.45) is 5.92 Å². The fraction of sp³-hybridized carbons (Fsp3) is 0.333. The molecule has 0 unspecified atom stereocenters. The van der Waals surface area contributed by atoms with Crippen LogP contribution in [-0.2, 0) is 0 Å². The van der Waals surface area contributed by atoms with Gasteiger partial charge in [-0.25, -0.2) is 8.78 Å². The van der Waals surface area contributed by atoms with Gasteiger partial charge in [0.25, 0.3) is 0 Å². The van der Waals surface area contributed by atoms with Crippen LogP contribution in [0.25, 0.3) is 17.2 Å². The molecular weight excluding hydrogens is 468 g/mol. The maximum Gasteiger partial charge on any atom is 0.204 e. The standard InChI is InChI=1S/C30H30F4O2/c1-2-35-27-15-16-28(30(34)29(27)33)36-19-21-5-9-23(10-6-21)25-13-11-24(12-14-25)22-7-3-20(4-8-22)17-26(32)18-31/h3-4,7-8,11-17,21,23H,2,5-6,9-10,18-19H2,1H3/b26-17-. The smallest absolute Gasteiger partial charge is 0.204 e. The largest absolute Gasteiger partial charge is 0.491 e. The maximum atomic E-state index is 14.3.